The quantitative estimate of drug-likeness (QED) is 0.518. The second kappa shape index (κ2) is 6.40. The molecule has 82 valence electrons. The van der Waals surface area contributed by atoms with Crippen LogP contribution in [0.4, 0.5) is 4.79 Å². The zero-order valence-electron chi connectivity index (χ0n) is 9.20. The zero-order valence-corrected chi connectivity index (χ0v) is 9.20. The lowest BCUT2D eigenvalue weighted by atomic mass is 10.1. The molecule has 0 aliphatic heterocycles. The van der Waals surface area contributed by atoms with Gasteiger partial charge in [0, 0.05) is 0 Å². The Kier molecular flexibility index (Phi) is 5.92. The van der Waals surface area contributed by atoms with Crippen LogP contribution in [-0.4, -0.2) is 18.7 Å². The highest BCUT2D eigenvalue weighted by molar-refractivity contribution is 5.83. The lowest BCUT2D eigenvalue weighted by Gasteiger charge is -2.09. The summed E-state index contributed by atoms with van der Waals surface area (Å²) < 4.78 is 9.14. The van der Waals surface area contributed by atoms with Crippen LogP contribution in [0.5, 0.6) is 0 Å². The molecular formula is C10H18O4. The molecule has 0 aromatic heterocycles. The van der Waals surface area contributed by atoms with E-state index in [2.05, 4.69) is 9.47 Å². The molecule has 0 heterocycles. The van der Waals surface area contributed by atoms with Gasteiger partial charge in [-0.25, -0.2) is 4.79 Å². The molecule has 4 heteroatoms. The summed E-state index contributed by atoms with van der Waals surface area (Å²) in [6, 6.07) is 0. The lowest BCUT2D eigenvalue weighted by Crippen LogP contribution is -2.20. The highest BCUT2D eigenvalue weighted by Crippen LogP contribution is 2.04. The molecule has 1 unspecified atom stereocenters. The van der Waals surface area contributed by atoms with Crippen LogP contribution in [0.3, 0.4) is 0 Å². The molecule has 0 N–H and O–H groups in total. The van der Waals surface area contributed by atoms with E-state index in [0.29, 0.717) is 6.42 Å². The SMILES string of the molecule is CCC(C)C(=O)OC(=O)OCC(C)C. The fraction of sp³-hybridized carbons (Fsp3) is 0.800. The van der Waals surface area contributed by atoms with Crippen molar-refractivity contribution < 1.29 is 19.1 Å². The van der Waals surface area contributed by atoms with Gasteiger partial charge in [0.2, 0.25) is 0 Å². The lowest BCUT2D eigenvalue weighted by molar-refractivity contribution is -0.144. The first-order valence-electron chi connectivity index (χ1n) is 4.85. The number of esters is 1. The van der Waals surface area contributed by atoms with Crippen LogP contribution in [0, 0.1) is 11.8 Å². The third-order valence-electron chi connectivity index (χ3n) is 1.73. The molecule has 0 radical (unpaired) electrons. The number of ether oxygens (including phenoxy) is 2. The first kappa shape index (κ1) is 12.9. The van der Waals surface area contributed by atoms with Gasteiger partial charge in [-0.1, -0.05) is 27.7 Å². The summed E-state index contributed by atoms with van der Waals surface area (Å²) in [6.07, 6.45) is -0.250. The number of carbonyl (C=O) groups is 2. The molecule has 14 heavy (non-hydrogen) atoms. The minimum atomic E-state index is -0.899. The zero-order chi connectivity index (χ0) is 11.1. The van der Waals surface area contributed by atoms with Gasteiger partial charge >= 0.3 is 12.1 Å². The van der Waals surface area contributed by atoms with Crippen molar-refractivity contribution in [2.45, 2.75) is 34.1 Å². The van der Waals surface area contributed by atoms with E-state index < -0.39 is 12.1 Å². The second-order valence-electron chi connectivity index (χ2n) is 3.69. The average Bonchev–Trinajstić information content (AvgIpc) is 2.13. The fourth-order valence-corrected chi connectivity index (χ4v) is 0.614. The van der Waals surface area contributed by atoms with E-state index >= 15 is 0 Å². The van der Waals surface area contributed by atoms with E-state index in [1.165, 1.54) is 0 Å². The van der Waals surface area contributed by atoms with E-state index in [0.717, 1.165) is 0 Å². The van der Waals surface area contributed by atoms with E-state index in [4.69, 9.17) is 0 Å². The molecule has 4 nitrogen and oxygen atoms in total. The van der Waals surface area contributed by atoms with Gasteiger partial charge in [0.25, 0.3) is 0 Å². The fourth-order valence-electron chi connectivity index (χ4n) is 0.614. The third kappa shape index (κ3) is 5.56. The van der Waals surface area contributed by atoms with Gasteiger partial charge in [-0.2, -0.15) is 0 Å². The number of rotatable bonds is 4. The monoisotopic (exact) mass is 202 g/mol. The molecule has 0 aromatic carbocycles. The second-order valence-corrected chi connectivity index (χ2v) is 3.69. The molecule has 0 spiro atoms. The molecule has 0 saturated carbocycles. The van der Waals surface area contributed by atoms with E-state index in [-0.39, 0.29) is 18.4 Å². The van der Waals surface area contributed by atoms with Crippen LogP contribution in [-0.2, 0) is 14.3 Å². The molecule has 1 atom stereocenters. The largest absolute Gasteiger partial charge is 0.516 e. The molecule has 0 saturated heterocycles. The maximum atomic E-state index is 11.1. The highest BCUT2D eigenvalue weighted by Gasteiger charge is 2.17. The predicted octanol–water partition coefficient (Wildman–Crippen LogP) is 2.37. The Hall–Kier alpha value is -1.06. The van der Waals surface area contributed by atoms with Gasteiger partial charge in [-0.05, 0) is 12.3 Å². The van der Waals surface area contributed by atoms with Crippen LogP contribution in [0.15, 0.2) is 0 Å². The van der Waals surface area contributed by atoms with Crippen LogP contribution < -0.4 is 0 Å². The van der Waals surface area contributed by atoms with E-state index in [1.807, 2.05) is 20.8 Å². The Balaban J connectivity index is 3.77. The summed E-state index contributed by atoms with van der Waals surface area (Å²) in [5.74, 6) is -0.552. The Labute approximate surface area is 84.6 Å². The van der Waals surface area contributed by atoms with Gasteiger partial charge < -0.3 is 9.47 Å². The van der Waals surface area contributed by atoms with Crippen molar-refractivity contribution in [3.05, 3.63) is 0 Å². The van der Waals surface area contributed by atoms with Crippen LogP contribution in [0.2, 0.25) is 0 Å². The molecule has 0 amide bonds. The first-order chi connectivity index (χ1) is 6.47. The normalized spacial score (nSPS) is 12.4. The first-order valence-corrected chi connectivity index (χ1v) is 4.85. The minimum Gasteiger partial charge on any atom is -0.434 e. The van der Waals surface area contributed by atoms with Crippen molar-refractivity contribution in [3.8, 4) is 0 Å². The van der Waals surface area contributed by atoms with Crippen molar-refractivity contribution in [3.63, 3.8) is 0 Å². The van der Waals surface area contributed by atoms with E-state index in [1.54, 1.807) is 6.92 Å². The summed E-state index contributed by atoms with van der Waals surface area (Å²) in [6.45, 7) is 7.64. The van der Waals surface area contributed by atoms with Crippen LogP contribution >= 0.6 is 0 Å². The van der Waals surface area contributed by atoms with Gasteiger partial charge in [0.1, 0.15) is 0 Å². The Bertz CT molecular complexity index is 198. The van der Waals surface area contributed by atoms with Crippen molar-refractivity contribution in [1.29, 1.82) is 0 Å². The predicted molar refractivity (Wildman–Crippen MR) is 51.7 cm³/mol. The van der Waals surface area contributed by atoms with E-state index in [9.17, 15) is 9.59 Å². The highest BCUT2D eigenvalue weighted by atomic mass is 16.7. The molecule has 0 aliphatic rings. The van der Waals surface area contributed by atoms with Gasteiger partial charge in [0.05, 0.1) is 12.5 Å². The molecule has 0 aromatic rings. The number of hydrogen-bond acceptors (Lipinski definition) is 4. The Morgan fingerprint density at radius 1 is 1.21 bits per heavy atom. The van der Waals surface area contributed by atoms with Gasteiger partial charge in [-0.3, -0.25) is 4.79 Å². The van der Waals surface area contributed by atoms with Crippen molar-refractivity contribution >= 4 is 12.1 Å². The molecule has 0 rings (SSSR count). The number of carbonyl (C=O) groups excluding carboxylic acids is 2. The standard InChI is InChI=1S/C10H18O4/c1-5-8(4)9(11)14-10(12)13-6-7(2)3/h7-8H,5-6H2,1-4H3. The minimum absolute atomic E-state index is 0.237. The summed E-state index contributed by atoms with van der Waals surface area (Å²) in [5.41, 5.74) is 0. The van der Waals surface area contributed by atoms with Gasteiger partial charge in [0.15, 0.2) is 0 Å². The molecule has 0 aliphatic carbocycles. The summed E-state index contributed by atoms with van der Waals surface area (Å²) in [4.78, 5) is 22.0. The summed E-state index contributed by atoms with van der Waals surface area (Å²) in [7, 11) is 0. The molecule has 0 bridgehead atoms. The molecule has 0 fully saturated rings. The third-order valence-corrected chi connectivity index (χ3v) is 1.73. The van der Waals surface area contributed by atoms with Crippen molar-refractivity contribution in [1.82, 2.24) is 0 Å². The average molecular weight is 202 g/mol. The van der Waals surface area contributed by atoms with Crippen LogP contribution in [0.25, 0.3) is 0 Å². The van der Waals surface area contributed by atoms with Crippen LogP contribution in [0.1, 0.15) is 34.1 Å². The number of hydrogen-bond donors (Lipinski definition) is 0. The maximum absolute atomic E-state index is 11.1. The van der Waals surface area contributed by atoms with Crippen molar-refractivity contribution in [2.75, 3.05) is 6.61 Å². The summed E-state index contributed by atoms with van der Waals surface area (Å²) >= 11 is 0. The smallest absolute Gasteiger partial charge is 0.434 e. The maximum Gasteiger partial charge on any atom is 0.516 e. The molecular weight excluding hydrogens is 184 g/mol. The van der Waals surface area contributed by atoms with Crippen molar-refractivity contribution in [2.24, 2.45) is 11.8 Å². The topological polar surface area (TPSA) is 52.6 Å². The Morgan fingerprint density at radius 2 is 1.79 bits per heavy atom. The Morgan fingerprint density at radius 3 is 2.21 bits per heavy atom. The van der Waals surface area contributed by atoms with Gasteiger partial charge in [-0.15, -0.1) is 0 Å². The summed E-state index contributed by atoms with van der Waals surface area (Å²) in [5, 5.41) is 0.